The van der Waals surface area contributed by atoms with E-state index in [1.165, 1.54) is 18.4 Å². The maximum atomic E-state index is 12.6. The molecule has 0 saturated carbocycles. The summed E-state index contributed by atoms with van der Waals surface area (Å²) in [7, 11) is 1.33. The summed E-state index contributed by atoms with van der Waals surface area (Å²) in [6.45, 7) is 5.16. The molecule has 0 aliphatic heterocycles. The van der Waals surface area contributed by atoms with Gasteiger partial charge in [0.2, 0.25) is 0 Å². The molecule has 2 rings (SSSR count). The topological polar surface area (TPSA) is 46.6 Å². The number of amides is 1. The fourth-order valence-electron chi connectivity index (χ4n) is 2.14. The van der Waals surface area contributed by atoms with Crippen LogP contribution < -0.4 is 0 Å². The fourth-order valence-corrected chi connectivity index (χ4v) is 3.03. The van der Waals surface area contributed by atoms with E-state index in [4.69, 9.17) is 0 Å². The number of aryl methyl sites for hydroxylation is 1. The summed E-state index contributed by atoms with van der Waals surface area (Å²) in [6, 6.07) is 11.3. The molecule has 0 bridgehead atoms. The van der Waals surface area contributed by atoms with Crippen LogP contribution in [0.25, 0.3) is 0 Å². The summed E-state index contributed by atoms with van der Waals surface area (Å²) in [5.41, 5.74) is 2.29. The lowest BCUT2D eigenvalue weighted by molar-refractivity contribution is 0.0606. The van der Waals surface area contributed by atoms with Crippen molar-refractivity contribution in [2.24, 2.45) is 0 Å². The highest BCUT2D eigenvalue weighted by atomic mass is 32.1. The zero-order valence-electron chi connectivity index (χ0n) is 13.0. The predicted molar refractivity (Wildman–Crippen MR) is 87.3 cm³/mol. The molecule has 1 amide bonds. The van der Waals surface area contributed by atoms with E-state index in [1.54, 1.807) is 17.0 Å². The molecule has 0 N–H and O–H groups in total. The Morgan fingerprint density at radius 2 is 1.82 bits per heavy atom. The number of thiophene rings is 1. The van der Waals surface area contributed by atoms with Crippen LogP contribution in [-0.2, 0) is 11.3 Å². The molecule has 5 heteroatoms. The Morgan fingerprint density at radius 3 is 2.45 bits per heavy atom. The molecular weight excluding hydrogens is 298 g/mol. The Balaban J connectivity index is 2.17. The van der Waals surface area contributed by atoms with Crippen LogP contribution in [0.1, 0.15) is 37.4 Å². The molecule has 0 radical (unpaired) electrons. The normalized spacial score (nSPS) is 10.3. The van der Waals surface area contributed by atoms with Crippen LogP contribution in [0.15, 0.2) is 36.4 Å². The number of methoxy groups -OCH3 is 1. The third-order valence-corrected chi connectivity index (χ3v) is 4.55. The van der Waals surface area contributed by atoms with Crippen molar-refractivity contribution < 1.29 is 14.3 Å². The van der Waals surface area contributed by atoms with Gasteiger partial charge in [-0.2, -0.15) is 0 Å². The van der Waals surface area contributed by atoms with Crippen molar-refractivity contribution in [1.82, 2.24) is 4.90 Å². The Morgan fingerprint density at radius 1 is 1.14 bits per heavy atom. The lowest BCUT2D eigenvalue weighted by atomic mass is 10.1. The fraction of sp³-hybridized carbons (Fsp3) is 0.294. The van der Waals surface area contributed by atoms with Crippen molar-refractivity contribution in [2.75, 3.05) is 13.7 Å². The molecular formula is C17H19NO3S. The third kappa shape index (κ3) is 3.54. The first kappa shape index (κ1) is 16.2. The number of hydrogen-bond donors (Lipinski definition) is 0. The average Bonchev–Trinajstić information content (AvgIpc) is 3.02. The molecule has 0 aliphatic rings. The summed E-state index contributed by atoms with van der Waals surface area (Å²) in [5.74, 6) is -0.475. The van der Waals surface area contributed by atoms with Gasteiger partial charge in [-0.05, 0) is 37.1 Å². The van der Waals surface area contributed by atoms with Crippen LogP contribution in [0.5, 0.6) is 0 Å². The highest BCUT2D eigenvalue weighted by molar-refractivity contribution is 7.15. The summed E-state index contributed by atoms with van der Waals surface area (Å²) in [6.07, 6.45) is 0. The molecule has 0 aliphatic carbocycles. The Kier molecular flexibility index (Phi) is 5.33. The molecule has 0 atom stereocenters. The number of carbonyl (C=O) groups is 2. The summed E-state index contributed by atoms with van der Waals surface area (Å²) >= 11 is 1.17. The van der Waals surface area contributed by atoms with Gasteiger partial charge in [0.1, 0.15) is 4.88 Å². The quantitative estimate of drug-likeness (QED) is 0.793. The summed E-state index contributed by atoms with van der Waals surface area (Å²) in [5, 5.41) is 0. The van der Waals surface area contributed by atoms with Gasteiger partial charge in [-0.1, -0.05) is 24.3 Å². The van der Waals surface area contributed by atoms with Crippen LogP contribution in [0, 0.1) is 6.92 Å². The van der Waals surface area contributed by atoms with E-state index in [2.05, 4.69) is 4.74 Å². The molecule has 0 spiro atoms. The van der Waals surface area contributed by atoms with Gasteiger partial charge in [0.25, 0.3) is 5.91 Å². The van der Waals surface area contributed by atoms with E-state index in [0.717, 1.165) is 11.1 Å². The average molecular weight is 317 g/mol. The molecule has 0 fully saturated rings. The highest BCUT2D eigenvalue weighted by Crippen LogP contribution is 2.20. The zero-order chi connectivity index (χ0) is 16.1. The van der Waals surface area contributed by atoms with E-state index in [-0.39, 0.29) is 5.91 Å². The van der Waals surface area contributed by atoms with Gasteiger partial charge >= 0.3 is 5.97 Å². The molecule has 0 saturated heterocycles. The van der Waals surface area contributed by atoms with E-state index >= 15 is 0 Å². The van der Waals surface area contributed by atoms with Crippen LogP contribution in [0.4, 0.5) is 0 Å². The maximum Gasteiger partial charge on any atom is 0.348 e. The minimum absolute atomic E-state index is 0.0640. The maximum absolute atomic E-state index is 12.6. The van der Waals surface area contributed by atoms with Gasteiger partial charge in [-0.3, -0.25) is 4.79 Å². The van der Waals surface area contributed by atoms with Crippen molar-refractivity contribution in [1.29, 1.82) is 0 Å². The van der Waals surface area contributed by atoms with E-state index in [1.807, 2.05) is 38.1 Å². The van der Waals surface area contributed by atoms with Gasteiger partial charge in [0.15, 0.2) is 0 Å². The highest BCUT2D eigenvalue weighted by Gasteiger charge is 2.19. The van der Waals surface area contributed by atoms with Gasteiger partial charge < -0.3 is 9.64 Å². The summed E-state index contributed by atoms with van der Waals surface area (Å²) < 4.78 is 4.67. The van der Waals surface area contributed by atoms with Gasteiger partial charge in [-0.25, -0.2) is 4.79 Å². The van der Waals surface area contributed by atoms with Gasteiger partial charge in [0, 0.05) is 13.1 Å². The van der Waals surface area contributed by atoms with E-state index in [0.29, 0.717) is 22.8 Å². The minimum atomic E-state index is -0.411. The predicted octanol–water partition coefficient (Wildman–Crippen LogP) is 3.51. The Labute approximate surface area is 134 Å². The second-order valence-corrected chi connectivity index (χ2v) is 5.99. The molecule has 116 valence electrons. The lowest BCUT2D eigenvalue weighted by Gasteiger charge is -2.21. The Bertz CT molecular complexity index is 678. The van der Waals surface area contributed by atoms with E-state index in [9.17, 15) is 9.59 Å². The molecule has 4 nitrogen and oxygen atoms in total. The molecule has 22 heavy (non-hydrogen) atoms. The van der Waals surface area contributed by atoms with Gasteiger partial charge in [-0.15, -0.1) is 11.3 Å². The Hall–Kier alpha value is -2.14. The molecule has 1 heterocycles. The largest absolute Gasteiger partial charge is 0.465 e. The summed E-state index contributed by atoms with van der Waals surface area (Å²) in [4.78, 5) is 26.9. The lowest BCUT2D eigenvalue weighted by Crippen LogP contribution is -2.30. The van der Waals surface area contributed by atoms with Crippen LogP contribution in [0.2, 0.25) is 0 Å². The van der Waals surface area contributed by atoms with Crippen LogP contribution in [-0.4, -0.2) is 30.4 Å². The number of hydrogen-bond acceptors (Lipinski definition) is 4. The second kappa shape index (κ2) is 7.22. The number of ether oxygens (including phenoxy) is 1. The third-order valence-electron chi connectivity index (χ3n) is 3.49. The van der Waals surface area contributed by atoms with Crippen molar-refractivity contribution >= 4 is 23.2 Å². The number of esters is 1. The number of benzene rings is 1. The SMILES string of the molecule is CCN(Cc1ccccc1C)C(=O)c1ccc(C(=O)OC)s1. The number of nitrogens with zero attached hydrogens (tertiary/aromatic N) is 1. The number of carbonyl (C=O) groups excluding carboxylic acids is 2. The van der Waals surface area contributed by atoms with Crippen molar-refractivity contribution in [3.05, 3.63) is 57.3 Å². The van der Waals surface area contributed by atoms with E-state index < -0.39 is 5.97 Å². The van der Waals surface area contributed by atoms with Crippen molar-refractivity contribution in [2.45, 2.75) is 20.4 Å². The minimum Gasteiger partial charge on any atom is -0.465 e. The zero-order valence-corrected chi connectivity index (χ0v) is 13.8. The van der Waals surface area contributed by atoms with Gasteiger partial charge in [0.05, 0.1) is 12.0 Å². The molecule has 1 aromatic carbocycles. The smallest absolute Gasteiger partial charge is 0.348 e. The standard InChI is InChI=1S/C17H19NO3S/c1-4-18(11-13-8-6-5-7-12(13)2)16(19)14-9-10-15(22-14)17(20)21-3/h5-10H,4,11H2,1-3H3. The first-order valence-corrected chi connectivity index (χ1v) is 7.90. The van der Waals surface area contributed by atoms with Crippen LogP contribution >= 0.6 is 11.3 Å². The number of rotatable bonds is 5. The van der Waals surface area contributed by atoms with Crippen molar-refractivity contribution in [3.63, 3.8) is 0 Å². The van der Waals surface area contributed by atoms with Crippen molar-refractivity contribution in [3.8, 4) is 0 Å². The first-order valence-electron chi connectivity index (χ1n) is 7.08. The molecule has 1 aromatic heterocycles. The molecule has 2 aromatic rings. The molecule has 0 unspecified atom stereocenters. The first-order chi connectivity index (χ1) is 10.6. The monoisotopic (exact) mass is 317 g/mol. The van der Waals surface area contributed by atoms with Crippen LogP contribution in [0.3, 0.4) is 0 Å². The second-order valence-electron chi connectivity index (χ2n) is 4.90.